The van der Waals surface area contributed by atoms with E-state index in [1.54, 1.807) is 31.3 Å². The Morgan fingerprint density at radius 3 is 2.73 bits per heavy atom. The second-order valence-corrected chi connectivity index (χ2v) is 4.47. The van der Waals surface area contributed by atoms with Gasteiger partial charge in [0, 0.05) is 42.5 Å². The van der Waals surface area contributed by atoms with E-state index in [4.69, 9.17) is 26.4 Å². The summed E-state index contributed by atoms with van der Waals surface area (Å²) >= 11 is 0. The lowest BCUT2D eigenvalue weighted by molar-refractivity contribution is 0.307. The highest BCUT2D eigenvalue weighted by Gasteiger charge is 2.06. The molecule has 0 spiro atoms. The molecule has 0 aliphatic carbocycles. The highest BCUT2D eigenvalue weighted by atomic mass is 16.5. The lowest BCUT2D eigenvalue weighted by Crippen LogP contribution is -2.16. The molecule has 1 rings (SSSR count). The molecule has 0 amide bonds. The molecule has 0 saturated carbocycles. The lowest BCUT2D eigenvalue weighted by atomic mass is 10.1. The largest absolute Gasteiger partial charge is 0.496 e. The molecule has 0 atom stereocenters. The minimum Gasteiger partial charge on any atom is -0.496 e. The highest BCUT2D eigenvalue weighted by molar-refractivity contribution is 5.93. The first-order valence-corrected chi connectivity index (χ1v) is 6.60. The van der Waals surface area contributed by atoms with Crippen molar-refractivity contribution in [3.8, 4) is 5.75 Å². The Balaban J connectivity index is 2.68. The van der Waals surface area contributed by atoms with Crippen molar-refractivity contribution in [3.05, 3.63) is 60.6 Å². The van der Waals surface area contributed by atoms with Crippen molar-refractivity contribution in [2.75, 3.05) is 20.8 Å². The molecule has 0 saturated heterocycles. The Labute approximate surface area is 130 Å². The fraction of sp³-hybridized carbons (Fsp3) is 0.188. The Morgan fingerprint density at radius 1 is 1.41 bits per heavy atom. The number of hydrogen-bond donors (Lipinski definition) is 3. The number of likely N-dealkylation sites (N-methyl/N-ethyl adjacent to an activating group) is 1. The van der Waals surface area contributed by atoms with Crippen LogP contribution in [0.3, 0.4) is 0 Å². The second-order valence-electron chi connectivity index (χ2n) is 4.47. The van der Waals surface area contributed by atoms with Crippen LogP contribution in [-0.4, -0.2) is 31.6 Å². The normalized spacial score (nSPS) is 11.3. The van der Waals surface area contributed by atoms with Crippen LogP contribution in [0.25, 0.3) is 5.70 Å². The summed E-state index contributed by atoms with van der Waals surface area (Å²) in [6, 6.07) is 7.31. The van der Waals surface area contributed by atoms with Gasteiger partial charge in [0.05, 0.1) is 7.11 Å². The summed E-state index contributed by atoms with van der Waals surface area (Å²) in [4.78, 5) is 1.71. The molecule has 118 valence electrons. The molecule has 0 unspecified atom stereocenters. The number of nitrogens with one attached hydrogen (secondary N) is 1. The first-order valence-electron chi connectivity index (χ1n) is 6.60. The predicted octanol–water partition coefficient (Wildman–Crippen LogP) is 1.86. The summed E-state index contributed by atoms with van der Waals surface area (Å²) in [5.41, 5.74) is 13.0. The van der Waals surface area contributed by atoms with Gasteiger partial charge in [0.25, 0.3) is 0 Å². The number of nitrogens with two attached hydrogens (primary N) is 2. The fourth-order valence-corrected chi connectivity index (χ4v) is 1.64. The molecule has 0 aliphatic rings. The SMILES string of the molecule is C=C(COC(=N)/C=C(\N)c1ccccc1OC)N(C)/C=C\N. The molecule has 0 bridgehead atoms. The second kappa shape index (κ2) is 8.41. The molecule has 5 N–H and O–H groups in total. The molecule has 0 heterocycles. The van der Waals surface area contributed by atoms with E-state index >= 15 is 0 Å². The van der Waals surface area contributed by atoms with Gasteiger partial charge in [-0.1, -0.05) is 18.7 Å². The van der Waals surface area contributed by atoms with E-state index in [9.17, 15) is 0 Å². The van der Waals surface area contributed by atoms with Gasteiger partial charge in [-0.25, -0.2) is 0 Å². The van der Waals surface area contributed by atoms with Gasteiger partial charge in [0.1, 0.15) is 12.4 Å². The summed E-state index contributed by atoms with van der Waals surface area (Å²) in [5.74, 6) is 0.580. The van der Waals surface area contributed by atoms with Crippen molar-refractivity contribution in [2.45, 2.75) is 0 Å². The average molecular weight is 302 g/mol. The Hall–Kier alpha value is -2.89. The van der Waals surface area contributed by atoms with Gasteiger partial charge in [-0.2, -0.15) is 0 Å². The quantitative estimate of drug-likeness (QED) is 0.527. The van der Waals surface area contributed by atoms with Crippen molar-refractivity contribution in [1.82, 2.24) is 4.90 Å². The maximum absolute atomic E-state index is 7.81. The van der Waals surface area contributed by atoms with Gasteiger partial charge < -0.3 is 25.8 Å². The lowest BCUT2D eigenvalue weighted by Gasteiger charge is -2.17. The molecule has 0 fully saturated rings. The summed E-state index contributed by atoms with van der Waals surface area (Å²) < 4.78 is 10.5. The zero-order valence-corrected chi connectivity index (χ0v) is 12.9. The Bertz CT molecular complexity index is 594. The van der Waals surface area contributed by atoms with E-state index in [1.165, 1.54) is 12.3 Å². The Kier molecular flexibility index (Phi) is 6.56. The fourth-order valence-electron chi connectivity index (χ4n) is 1.64. The molecular formula is C16H22N4O2. The first kappa shape index (κ1) is 17.2. The van der Waals surface area contributed by atoms with Gasteiger partial charge in [-0.05, 0) is 12.1 Å². The number of ether oxygens (including phenoxy) is 2. The number of rotatable bonds is 7. The van der Waals surface area contributed by atoms with Crippen LogP contribution in [0.2, 0.25) is 0 Å². The maximum atomic E-state index is 7.81. The number of nitrogens with zero attached hydrogens (tertiary/aromatic N) is 1. The maximum Gasteiger partial charge on any atom is 0.208 e. The monoisotopic (exact) mass is 302 g/mol. The van der Waals surface area contributed by atoms with Crippen LogP contribution in [0.1, 0.15) is 5.56 Å². The summed E-state index contributed by atoms with van der Waals surface area (Å²) in [6.45, 7) is 4.00. The topological polar surface area (TPSA) is 97.6 Å². The van der Waals surface area contributed by atoms with E-state index in [1.807, 2.05) is 18.2 Å². The van der Waals surface area contributed by atoms with Crippen molar-refractivity contribution in [2.24, 2.45) is 11.5 Å². The molecule has 22 heavy (non-hydrogen) atoms. The Morgan fingerprint density at radius 2 is 2.09 bits per heavy atom. The summed E-state index contributed by atoms with van der Waals surface area (Å²) in [5, 5.41) is 7.81. The van der Waals surface area contributed by atoms with E-state index in [2.05, 4.69) is 6.58 Å². The minimum absolute atomic E-state index is 0.0605. The van der Waals surface area contributed by atoms with Gasteiger partial charge in [0.15, 0.2) is 0 Å². The van der Waals surface area contributed by atoms with Crippen LogP contribution >= 0.6 is 0 Å². The van der Waals surface area contributed by atoms with E-state index in [0.29, 0.717) is 22.7 Å². The van der Waals surface area contributed by atoms with Crippen molar-refractivity contribution in [3.63, 3.8) is 0 Å². The molecule has 0 aliphatic heterocycles. The van der Waals surface area contributed by atoms with Crippen molar-refractivity contribution >= 4 is 11.6 Å². The number of methoxy groups -OCH3 is 1. The van der Waals surface area contributed by atoms with E-state index < -0.39 is 0 Å². The third-order valence-corrected chi connectivity index (χ3v) is 2.91. The molecule has 6 heteroatoms. The van der Waals surface area contributed by atoms with Gasteiger partial charge in [0.2, 0.25) is 5.90 Å². The van der Waals surface area contributed by atoms with Crippen LogP contribution < -0.4 is 16.2 Å². The molecule has 1 aromatic rings. The van der Waals surface area contributed by atoms with Crippen LogP contribution in [-0.2, 0) is 4.74 Å². The van der Waals surface area contributed by atoms with E-state index in [0.717, 1.165) is 0 Å². The third-order valence-electron chi connectivity index (χ3n) is 2.91. The zero-order valence-electron chi connectivity index (χ0n) is 12.9. The standard InChI is InChI=1S/C16H22N4O2/c1-12(20(2)9-8-17)11-22-16(19)10-14(18)13-6-4-5-7-15(13)21-3/h4-10,19H,1,11,17-18H2,2-3H3/b9-8-,14-10-,19-16?. The first-order chi connectivity index (χ1) is 10.5. The van der Waals surface area contributed by atoms with Crippen LogP contribution in [0, 0.1) is 5.41 Å². The molecule has 0 aromatic heterocycles. The predicted molar refractivity (Wildman–Crippen MR) is 89.1 cm³/mol. The molecule has 1 aromatic carbocycles. The van der Waals surface area contributed by atoms with Gasteiger partial charge in [-0.3, -0.25) is 5.41 Å². The number of para-hydroxylation sites is 1. The van der Waals surface area contributed by atoms with Crippen LogP contribution in [0.5, 0.6) is 5.75 Å². The molecule has 6 nitrogen and oxygen atoms in total. The smallest absolute Gasteiger partial charge is 0.208 e. The van der Waals surface area contributed by atoms with Crippen LogP contribution in [0.15, 0.2) is 55.0 Å². The highest BCUT2D eigenvalue weighted by Crippen LogP contribution is 2.22. The summed E-state index contributed by atoms with van der Waals surface area (Å²) in [6.07, 6.45) is 4.48. The van der Waals surface area contributed by atoms with Gasteiger partial charge in [-0.15, -0.1) is 0 Å². The zero-order chi connectivity index (χ0) is 16.5. The van der Waals surface area contributed by atoms with Gasteiger partial charge >= 0.3 is 0 Å². The van der Waals surface area contributed by atoms with Crippen molar-refractivity contribution < 1.29 is 9.47 Å². The third kappa shape index (κ3) is 4.90. The number of benzene rings is 1. The summed E-state index contributed by atoms with van der Waals surface area (Å²) in [7, 11) is 3.36. The average Bonchev–Trinajstić information content (AvgIpc) is 2.52. The van der Waals surface area contributed by atoms with Crippen molar-refractivity contribution in [1.29, 1.82) is 5.41 Å². The molecular weight excluding hydrogens is 280 g/mol. The molecule has 0 radical (unpaired) electrons. The van der Waals surface area contributed by atoms with E-state index in [-0.39, 0.29) is 12.5 Å². The minimum atomic E-state index is -0.0605. The van der Waals surface area contributed by atoms with Crippen LogP contribution in [0.4, 0.5) is 0 Å². The number of hydrogen-bond acceptors (Lipinski definition) is 6.